The van der Waals surface area contributed by atoms with E-state index in [-0.39, 0.29) is 17.2 Å². The Labute approximate surface area is 158 Å². The molecular formula is C21H21NO4S. The highest BCUT2D eigenvalue weighted by Gasteiger charge is 2.30. The van der Waals surface area contributed by atoms with Crippen LogP contribution in [0.4, 0.5) is 0 Å². The van der Waals surface area contributed by atoms with E-state index >= 15 is 0 Å². The molecule has 5 nitrogen and oxygen atoms in total. The predicted molar refractivity (Wildman–Crippen MR) is 106 cm³/mol. The van der Waals surface area contributed by atoms with Crippen molar-refractivity contribution in [1.29, 1.82) is 0 Å². The second-order valence-corrected chi connectivity index (χ2v) is 7.93. The summed E-state index contributed by atoms with van der Waals surface area (Å²) in [4.78, 5) is 12.8. The maximum Gasteiger partial charge on any atom is 0.356 e. The topological polar surface area (TPSA) is 65.4 Å². The first-order chi connectivity index (χ1) is 12.9. The highest BCUT2D eigenvalue weighted by atomic mass is 32.2. The van der Waals surface area contributed by atoms with Crippen LogP contribution < -0.4 is 0 Å². The Morgan fingerprint density at radius 1 is 1.15 bits per heavy atom. The van der Waals surface area contributed by atoms with Crippen LogP contribution >= 0.6 is 0 Å². The molecule has 6 heteroatoms. The molecule has 0 saturated carbocycles. The molecule has 0 spiro atoms. The van der Waals surface area contributed by atoms with Gasteiger partial charge < -0.3 is 4.74 Å². The Morgan fingerprint density at radius 2 is 1.81 bits per heavy atom. The number of allylic oxidation sites excluding steroid dienone is 1. The molecule has 1 aromatic heterocycles. The van der Waals surface area contributed by atoms with Crippen molar-refractivity contribution in [1.82, 2.24) is 3.97 Å². The maximum atomic E-state index is 13.4. The van der Waals surface area contributed by atoms with Crippen molar-refractivity contribution in [2.45, 2.75) is 25.2 Å². The summed E-state index contributed by atoms with van der Waals surface area (Å²) in [7, 11) is -3.99. The fourth-order valence-corrected chi connectivity index (χ4v) is 4.63. The SMILES string of the molecule is C=CCc1c(C(=O)OCC)n(S(=O)(=O)c2ccc(C)cc2)c2ccccc12. The van der Waals surface area contributed by atoms with Gasteiger partial charge in [0.15, 0.2) is 0 Å². The number of rotatable bonds is 6. The van der Waals surface area contributed by atoms with E-state index < -0.39 is 16.0 Å². The van der Waals surface area contributed by atoms with Gasteiger partial charge in [-0.3, -0.25) is 0 Å². The molecule has 3 rings (SSSR count). The Hall–Kier alpha value is -2.86. The van der Waals surface area contributed by atoms with Crippen LogP contribution in [-0.4, -0.2) is 25.0 Å². The zero-order chi connectivity index (χ0) is 19.6. The summed E-state index contributed by atoms with van der Waals surface area (Å²) < 4.78 is 33.1. The minimum Gasteiger partial charge on any atom is -0.461 e. The third-order valence-electron chi connectivity index (χ3n) is 4.31. The van der Waals surface area contributed by atoms with E-state index in [0.29, 0.717) is 22.9 Å². The molecule has 0 unspecified atom stereocenters. The monoisotopic (exact) mass is 383 g/mol. The molecule has 0 aliphatic rings. The molecule has 0 radical (unpaired) electrons. The molecule has 0 N–H and O–H groups in total. The first kappa shape index (κ1) is 18.9. The molecule has 27 heavy (non-hydrogen) atoms. The number of aromatic nitrogens is 1. The Kier molecular flexibility index (Phi) is 5.19. The normalized spacial score (nSPS) is 11.5. The van der Waals surface area contributed by atoms with Crippen LogP contribution in [0.25, 0.3) is 10.9 Å². The van der Waals surface area contributed by atoms with Gasteiger partial charge in [-0.2, -0.15) is 0 Å². The quantitative estimate of drug-likeness (QED) is 0.475. The van der Waals surface area contributed by atoms with Crippen LogP contribution in [0.1, 0.15) is 28.5 Å². The minimum atomic E-state index is -3.99. The lowest BCUT2D eigenvalue weighted by atomic mass is 10.1. The number of carbonyl (C=O) groups excluding carboxylic acids is 1. The van der Waals surface area contributed by atoms with Crippen molar-refractivity contribution < 1.29 is 17.9 Å². The van der Waals surface area contributed by atoms with E-state index in [2.05, 4.69) is 6.58 Å². The van der Waals surface area contributed by atoms with Gasteiger partial charge in [-0.25, -0.2) is 17.2 Å². The lowest BCUT2D eigenvalue weighted by Gasteiger charge is -2.12. The third-order valence-corrected chi connectivity index (χ3v) is 6.04. The van der Waals surface area contributed by atoms with Crippen molar-refractivity contribution >= 4 is 26.9 Å². The number of hydrogen-bond acceptors (Lipinski definition) is 4. The van der Waals surface area contributed by atoms with Gasteiger partial charge in [0.05, 0.1) is 17.0 Å². The summed E-state index contributed by atoms with van der Waals surface area (Å²) in [5.41, 5.74) is 2.01. The van der Waals surface area contributed by atoms with Gasteiger partial charge in [-0.15, -0.1) is 6.58 Å². The summed E-state index contributed by atoms with van der Waals surface area (Å²) in [6.45, 7) is 7.46. The molecule has 0 atom stereocenters. The lowest BCUT2D eigenvalue weighted by Crippen LogP contribution is -2.21. The average Bonchev–Trinajstić information content (AvgIpc) is 2.98. The summed E-state index contributed by atoms with van der Waals surface area (Å²) >= 11 is 0. The van der Waals surface area contributed by atoms with E-state index in [1.807, 2.05) is 13.0 Å². The number of carbonyl (C=O) groups is 1. The van der Waals surface area contributed by atoms with E-state index in [1.165, 1.54) is 0 Å². The molecule has 0 bridgehead atoms. The highest BCUT2D eigenvalue weighted by molar-refractivity contribution is 7.90. The number of esters is 1. The first-order valence-corrected chi connectivity index (χ1v) is 10.1. The van der Waals surface area contributed by atoms with Crippen LogP contribution in [0, 0.1) is 6.92 Å². The molecule has 1 heterocycles. The van der Waals surface area contributed by atoms with Crippen molar-refractivity contribution in [2.24, 2.45) is 0 Å². The molecule has 0 aliphatic heterocycles. The molecule has 140 valence electrons. The van der Waals surface area contributed by atoms with E-state index in [4.69, 9.17) is 4.74 Å². The number of hydrogen-bond donors (Lipinski definition) is 0. The van der Waals surface area contributed by atoms with Crippen molar-refractivity contribution in [3.8, 4) is 0 Å². The van der Waals surface area contributed by atoms with Gasteiger partial charge in [-0.05, 0) is 44.0 Å². The van der Waals surface area contributed by atoms with Crippen LogP contribution in [0.3, 0.4) is 0 Å². The highest BCUT2D eigenvalue weighted by Crippen LogP contribution is 2.31. The first-order valence-electron chi connectivity index (χ1n) is 8.64. The van der Waals surface area contributed by atoms with Crippen molar-refractivity contribution in [2.75, 3.05) is 6.61 Å². The number of ether oxygens (including phenoxy) is 1. The largest absolute Gasteiger partial charge is 0.461 e. The standard InChI is InChI=1S/C21H21NO4S/c1-4-8-18-17-9-6-7-10-19(17)22(20(18)21(23)26-5-2)27(24,25)16-13-11-15(3)12-14-16/h4,6-7,9-14H,1,5,8H2,2-3H3. The van der Waals surface area contributed by atoms with Gasteiger partial charge in [0, 0.05) is 5.39 Å². The van der Waals surface area contributed by atoms with Crippen molar-refractivity contribution in [3.05, 3.63) is 78.0 Å². The van der Waals surface area contributed by atoms with Gasteiger partial charge in [-0.1, -0.05) is 42.0 Å². The van der Waals surface area contributed by atoms with Crippen LogP contribution in [0.15, 0.2) is 66.1 Å². The Morgan fingerprint density at radius 3 is 2.44 bits per heavy atom. The van der Waals surface area contributed by atoms with Gasteiger partial charge in [0.2, 0.25) is 0 Å². The van der Waals surface area contributed by atoms with Gasteiger partial charge >= 0.3 is 5.97 Å². The second-order valence-electron chi connectivity index (χ2n) is 6.14. The average molecular weight is 383 g/mol. The van der Waals surface area contributed by atoms with E-state index in [9.17, 15) is 13.2 Å². The summed E-state index contributed by atoms with van der Waals surface area (Å²) in [6, 6.07) is 13.6. The zero-order valence-corrected chi connectivity index (χ0v) is 16.1. The molecule has 0 saturated heterocycles. The summed E-state index contributed by atoms with van der Waals surface area (Å²) in [5, 5.41) is 0.691. The molecule has 0 aliphatic carbocycles. The van der Waals surface area contributed by atoms with Crippen LogP contribution in [0.5, 0.6) is 0 Å². The Balaban J connectivity index is 2.40. The molecular weight excluding hydrogens is 362 g/mol. The zero-order valence-electron chi connectivity index (χ0n) is 15.3. The Bertz CT molecular complexity index is 1110. The van der Waals surface area contributed by atoms with Gasteiger partial charge in [0.1, 0.15) is 5.69 Å². The van der Waals surface area contributed by atoms with Crippen LogP contribution in [0.2, 0.25) is 0 Å². The van der Waals surface area contributed by atoms with Crippen LogP contribution in [-0.2, 0) is 21.2 Å². The summed E-state index contributed by atoms with van der Waals surface area (Å²) in [5.74, 6) is -0.666. The molecule has 2 aromatic carbocycles. The maximum absolute atomic E-state index is 13.4. The second kappa shape index (κ2) is 7.40. The number of aryl methyl sites for hydroxylation is 1. The van der Waals surface area contributed by atoms with E-state index in [0.717, 1.165) is 9.54 Å². The number of benzene rings is 2. The predicted octanol–water partition coefficient (Wildman–Crippen LogP) is 4.09. The fraction of sp³-hybridized carbons (Fsp3) is 0.190. The molecule has 0 amide bonds. The number of para-hydroxylation sites is 1. The number of fused-ring (bicyclic) bond motifs is 1. The fourth-order valence-electron chi connectivity index (χ4n) is 3.10. The minimum absolute atomic E-state index is 0.0264. The lowest BCUT2D eigenvalue weighted by molar-refractivity contribution is 0.0517. The summed E-state index contributed by atoms with van der Waals surface area (Å²) in [6.07, 6.45) is 2.00. The smallest absolute Gasteiger partial charge is 0.356 e. The number of nitrogens with zero attached hydrogens (tertiary/aromatic N) is 1. The van der Waals surface area contributed by atoms with E-state index in [1.54, 1.807) is 55.5 Å². The van der Waals surface area contributed by atoms with Crippen molar-refractivity contribution in [3.63, 3.8) is 0 Å². The molecule has 0 fully saturated rings. The van der Waals surface area contributed by atoms with Gasteiger partial charge in [0.25, 0.3) is 10.0 Å². The molecule has 3 aromatic rings. The third kappa shape index (κ3) is 3.28.